The Morgan fingerprint density at radius 1 is 1.33 bits per heavy atom. The van der Waals surface area contributed by atoms with E-state index in [1.165, 1.54) is 5.56 Å². The van der Waals surface area contributed by atoms with Gasteiger partial charge < -0.3 is 9.84 Å². The van der Waals surface area contributed by atoms with E-state index in [4.69, 9.17) is 4.74 Å². The maximum absolute atomic E-state index is 9.61. The number of ether oxygens (including phenoxy) is 1. The lowest BCUT2D eigenvalue weighted by molar-refractivity contribution is -0.0324. The highest BCUT2D eigenvalue weighted by Crippen LogP contribution is 2.13. The van der Waals surface area contributed by atoms with Crippen LogP contribution < -0.4 is 0 Å². The first kappa shape index (κ1) is 16.0. The second-order valence-electron chi connectivity index (χ2n) is 6.14. The summed E-state index contributed by atoms with van der Waals surface area (Å²) in [5.41, 5.74) is 1.29. The van der Waals surface area contributed by atoms with E-state index in [0.717, 1.165) is 38.2 Å². The lowest BCUT2D eigenvalue weighted by atomic mass is 10.1. The van der Waals surface area contributed by atoms with Gasteiger partial charge in [-0.2, -0.15) is 0 Å². The highest BCUT2D eigenvalue weighted by Gasteiger charge is 2.18. The number of benzene rings is 1. The van der Waals surface area contributed by atoms with Gasteiger partial charge in [-0.3, -0.25) is 4.90 Å². The summed E-state index contributed by atoms with van der Waals surface area (Å²) >= 11 is 0. The molecule has 0 radical (unpaired) electrons. The Morgan fingerprint density at radius 2 is 2.05 bits per heavy atom. The second-order valence-corrected chi connectivity index (χ2v) is 6.14. The van der Waals surface area contributed by atoms with Gasteiger partial charge in [-0.25, -0.2) is 0 Å². The van der Waals surface area contributed by atoms with Crippen molar-refractivity contribution in [2.45, 2.75) is 45.4 Å². The van der Waals surface area contributed by atoms with Crippen LogP contribution >= 0.6 is 0 Å². The van der Waals surface area contributed by atoms with Gasteiger partial charge in [-0.05, 0) is 38.0 Å². The van der Waals surface area contributed by atoms with E-state index in [2.05, 4.69) is 35.8 Å². The third-order valence-corrected chi connectivity index (χ3v) is 3.55. The zero-order chi connectivity index (χ0) is 15.3. The van der Waals surface area contributed by atoms with E-state index in [1.807, 2.05) is 12.1 Å². The summed E-state index contributed by atoms with van der Waals surface area (Å²) in [5, 5.41) is 9.61. The number of morpholine rings is 1. The van der Waals surface area contributed by atoms with Crippen molar-refractivity contribution in [1.29, 1.82) is 0 Å². The van der Waals surface area contributed by atoms with Gasteiger partial charge in [-0.15, -0.1) is 0 Å². The number of rotatable bonds is 3. The smallest absolute Gasteiger partial charge is 0.120 e. The van der Waals surface area contributed by atoms with Gasteiger partial charge in [0.2, 0.25) is 0 Å². The summed E-state index contributed by atoms with van der Waals surface area (Å²) in [7, 11) is 0. The summed E-state index contributed by atoms with van der Waals surface area (Å²) in [6, 6.07) is 8.27. The Morgan fingerprint density at radius 3 is 2.67 bits per heavy atom. The maximum Gasteiger partial charge on any atom is 0.120 e. The number of aliphatic hydroxyl groups is 1. The SMILES string of the molecule is CC[C@@H]1CN(Cc2ccc(C#CC(C)(C)O)cc2)CCO1. The summed E-state index contributed by atoms with van der Waals surface area (Å²) in [4.78, 5) is 2.44. The summed E-state index contributed by atoms with van der Waals surface area (Å²) < 4.78 is 5.69. The Labute approximate surface area is 127 Å². The molecule has 0 unspecified atom stereocenters. The highest BCUT2D eigenvalue weighted by atomic mass is 16.5. The Bertz CT molecular complexity index is 505. The molecule has 1 aliphatic heterocycles. The second kappa shape index (κ2) is 7.09. The lowest BCUT2D eigenvalue weighted by Gasteiger charge is -2.32. The largest absolute Gasteiger partial charge is 0.378 e. The van der Waals surface area contributed by atoms with Crippen LogP contribution in [0.25, 0.3) is 0 Å². The van der Waals surface area contributed by atoms with Gasteiger partial charge in [0.05, 0.1) is 12.7 Å². The molecular weight excluding hydrogens is 262 g/mol. The highest BCUT2D eigenvalue weighted by molar-refractivity contribution is 5.37. The van der Waals surface area contributed by atoms with Crippen molar-refractivity contribution in [2.75, 3.05) is 19.7 Å². The standard InChI is InChI=1S/C18H25NO2/c1-4-17-14-19(11-12-21-17)13-16-7-5-15(6-8-16)9-10-18(2,3)20/h5-8,17,20H,4,11-14H2,1-3H3/t17-/m1/s1. The van der Waals surface area contributed by atoms with Crippen LogP contribution in [0.2, 0.25) is 0 Å². The molecule has 2 rings (SSSR count). The van der Waals surface area contributed by atoms with E-state index in [1.54, 1.807) is 13.8 Å². The zero-order valence-corrected chi connectivity index (χ0v) is 13.2. The molecule has 1 heterocycles. The van der Waals surface area contributed by atoms with E-state index < -0.39 is 5.60 Å². The molecule has 0 saturated carbocycles. The fourth-order valence-corrected chi connectivity index (χ4v) is 2.35. The van der Waals surface area contributed by atoms with Crippen molar-refractivity contribution in [1.82, 2.24) is 4.90 Å². The Hall–Kier alpha value is -1.34. The molecule has 1 saturated heterocycles. The van der Waals surface area contributed by atoms with Crippen LogP contribution in [0.15, 0.2) is 24.3 Å². The van der Waals surface area contributed by atoms with Crippen LogP contribution in [-0.4, -0.2) is 41.4 Å². The minimum Gasteiger partial charge on any atom is -0.378 e. The predicted molar refractivity (Wildman–Crippen MR) is 84.9 cm³/mol. The molecule has 1 aliphatic rings. The monoisotopic (exact) mass is 287 g/mol. The fourth-order valence-electron chi connectivity index (χ4n) is 2.35. The van der Waals surface area contributed by atoms with Gasteiger partial charge in [-0.1, -0.05) is 30.9 Å². The van der Waals surface area contributed by atoms with Gasteiger partial charge in [0.1, 0.15) is 5.60 Å². The average molecular weight is 287 g/mol. The van der Waals surface area contributed by atoms with Crippen molar-refractivity contribution in [2.24, 2.45) is 0 Å². The molecule has 1 aromatic rings. The summed E-state index contributed by atoms with van der Waals surface area (Å²) in [6.45, 7) is 9.35. The topological polar surface area (TPSA) is 32.7 Å². The molecule has 0 bridgehead atoms. The van der Waals surface area contributed by atoms with Crippen molar-refractivity contribution < 1.29 is 9.84 Å². The first-order valence-corrected chi connectivity index (χ1v) is 7.65. The predicted octanol–water partition coefficient (Wildman–Crippen LogP) is 2.42. The van der Waals surface area contributed by atoms with Gasteiger partial charge in [0.15, 0.2) is 0 Å². The lowest BCUT2D eigenvalue weighted by Crippen LogP contribution is -2.41. The van der Waals surface area contributed by atoms with E-state index in [0.29, 0.717) is 6.10 Å². The quantitative estimate of drug-likeness (QED) is 0.867. The van der Waals surface area contributed by atoms with E-state index in [9.17, 15) is 5.11 Å². The van der Waals surface area contributed by atoms with Crippen LogP contribution in [0, 0.1) is 11.8 Å². The molecule has 1 N–H and O–H groups in total. The van der Waals surface area contributed by atoms with Gasteiger partial charge >= 0.3 is 0 Å². The molecule has 114 valence electrons. The van der Waals surface area contributed by atoms with Crippen LogP contribution in [-0.2, 0) is 11.3 Å². The third kappa shape index (κ3) is 5.51. The Balaban J connectivity index is 1.94. The normalized spacial score (nSPS) is 19.9. The first-order chi connectivity index (χ1) is 9.96. The summed E-state index contributed by atoms with van der Waals surface area (Å²) in [6.07, 6.45) is 1.44. The van der Waals surface area contributed by atoms with Crippen molar-refractivity contribution >= 4 is 0 Å². The first-order valence-electron chi connectivity index (χ1n) is 7.65. The van der Waals surface area contributed by atoms with Crippen molar-refractivity contribution in [3.05, 3.63) is 35.4 Å². The summed E-state index contributed by atoms with van der Waals surface area (Å²) in [5.74, 6) is 5.83. The molecular formula is C18H25NO2. The molecule has 0 aromatic heterocycles. The molecule has 21 heavy (non-hydrogen) atoms. The molecule has 3 nitrogen and oxygen atoms in total. The third-order valence-electron chi connectivity index (χ3n) is 3.55. The number of nitrogens with zero attached hydrogens (tertiary/aromatic N) is 1. The van der Waals surface area contributed by atoms with Crippen LogP contribution in [0.4, 0.5) is 0 Å². The Kier molecular flexibility index (Phi) is 5.41. The minimum atomic E-state index is -0.943. The van der Waals surface area contributed by atoms with Crippen LogP contribution in [0.5, 0.6) is 0 Å². The molecule has 0 spiro atoms. The number of hydrogen-bond donors (Lipinski definition) is 1. The molecule has 3 heteroatoms. The molecule has 1 atom stereocenters. The minimum absolute atomic E-state index is 0.371. The average Bonchev–Trinajstić information content (AvgIpc) is 2.46. The number of hydrogen-bond acceptors (Lipinski definition) is 3. The molecule has 0 amide bonds. The molecule has 0 aliphatic carbocycles. The van der Waals surface area contributed by atoms with Gasteiger partial charge in [0.25, 0.3) is 0 Å². The van der Waals surface area contributed by atoms with E-state index in [-0.39, 0.29) is 0 Å². The van der Waals surface area contributed by atoms with E-state index >= 15 is 0 Å². The van der Waals surface area contributed by atoms with Crippen LogP contribution in [0.3, 0.4) is 0 Å². The molecule has 1 fully saturated rings. The fraction of sp³-hybridized carbons (Fsp3) is 0.556. The van der Waals surface area contributed by atoms with Crippen molar-refractivity contribution in [3.63, 3.8) is 0 Å². The van der Waals surface area contributed by atoms with Crippen molar-refractivity contribution in [3.8, 4) is 11.8 Å². The molecule has 1 aromatic carbocycles. The zero-order valence-electron chi connectivity index (χ0n) is 13.2. The maximum atomic E-state index is 9.61. The van der Waals surface area contributed by atoms with Crippen LogP contribution in [0.1, 0.15) is 38.3 Å². The van der Waals surface area contributed by atoms with Gasteiger partial charge in [0, 0.05) is 25.2 Å².